The number of nitrogens with zero attached hydrogens (tertiary/aromatic N) is 3. The summed E-state index contributed by atoms with van der Waals surface area (Å²) in [4.78, 5) is 29.0. The highest BCUT2D eigenvalue weighted by atomic mass is 16.5. The normalized spacial score (nSPS) is 16.9. The lowest BCUT2D eigenvalue weighted by molar-refractivity contribution is -0.134. The van der Waals surface area contributed by atoms with Gasteiger partial charge in [0.25, 0.3) is 0 Å². The van der Waals surface area contributed by atoms with Gasteiger partial charge in [0.1, 0.15) is 11.6 Å². The van der Waals surface area contributed by atoms with Crippen LogP contribution < -0.4 is 9.64 Å². The van der Waals surface area contributed by atoms with E-state index in [1.165, 1.54) is 16.8 Å². The van der Waals surface area contributed by atoms with Crippen LogP contribution in [-0.2, 0) is 20.7 Å². The van der Waals surface area contributed by atoms with Gasteiger partial charge in [0, 0.05) is 57.2 Å². The van der Waals surface area contributed by atoms with Gasteiger partial charge in [0.05, 0.1) is 7.11 Å². The van der Waals surface area contributed by atoms with Gasteiger partial charge in [-0.25, -0.2) is 14.6 Å². The van der Waals surface area contributed by atoms with Crippen LogP contribution in [0.25, 0.3) is 11.1 Å². The average molecular weight is 498 g/mol. The van der Waals surface area contributed by atoms with Crippen molar-refractivity contribution in [1.82, 2.24) is 9.88 Å². The summed E-state index contributed by atoms with van der Waals surface area (Å²) in [5.74, 6) is 0.163. The molecule has 2 aromatic rings. The Balaban J connectivity index is 0.000000392. The highest BCUT2D eigenvalue weighted by Gasteiger charge is 2.19. The Morgan fingerprint density at radius 3 is 2.17 bits per heavy atom. The Hall–Kier alpha value is -3.43. The zero-order chi connectivity index (χ0) is 25.9. The zero-order valence-electron chi connectivity index (χ0n) is 20.9. The summed E-state index contributed by atoms with van der Waals surface area (Å²) in [7, 11) is 3.90. The topological polar surface area (TPSA) is 112 Å². The number of aliphatic carboxylic acids is 2. The number of carboxylic acid groups (broad SMARTS) is 2. The smallest absolute Gasteiger partial charge is 0.328 e. The minimum Gasteiger partial charge on any atom is -0.497 e. The lowest BCUT2D eigenvalue weighted by Crippen LogP contribution is -2.44. The molecule has 0 bridgehead atoms. The van der Waals surface area contributed by atoms with Crippen molar-refractivity contribution in [3.8, 4) is 16.9 Å². The first-order valence-corrected chi connectivity index (χ1v) is 12.1. The SMILES string of the molecule is COc1ccc(-c2cc(CC3CCOCC3)nc(N3CCN(C)CC3)c2)cc1.O=C(O)/C=C\C(=O)O. The van der Waals surface area contributed by atoms with E-state index in [4.69, 9.17) is 24.7 Å². The molecule has 36 heavy (non-hydrogen) atoms. The Bertz CT molecular complexity index is 1010. The largest absolute Gasteiger partial charge is 0.497 e. The molecule has 3 heterocycles. The van der Waals surface area contributed by atoms with E-state index < -0.39 is 11.9 Å². The van der Waals surface area contributed by atoms with E-state index in [2.05, 4.69) is 41.1 Å². The molecule has 0 saturated carbocycles. The van der Waals surface area contributed by atoms with Crippen LogP contribution in [0.15, 0.2) is 48.6 Å². The Kier molecular flexibility index (Phi) is 10.3. The maximum absolute atomic E-state index is 9.55. The summed E-state index contributed by atoms with van der Waals surface area (Å²) in [6.07, 6.45) is 4.43. The molecule has 2 saturated heterocycles. The number of ether oxygens (including phenoxy) is 2. The molecule has 0 amide bonds. The van der Waals surface area contributed by atoms with Crippen LogP contribution in [0, 0.1) is 5.92 Å². The molecule has 2 N–H and O–H groups in total. The molecule has 1 aromatic carbocycles. The molecule has 2 aliphatic rings. The van der Waals surface area contributed by atoms with Crippen LogP contribution in [0.4, 0.5) is 5.82 Å². The number of carboxylic acids is 2. The van der Waals surface area contributed by atoms with E-state index >= 15 is 0 Å². The number of carbonyl (C=O) groups is 2. The quantitative estimate of drug-likeness (QED) is 0.557. The fourth-order valence-corrected chi connectivity index (χ4v) is 4.21. The van der Waals surface area contributed by atoms with Crippen molar-refractivity contribution < 1.29 is 29.3 Å². The number of piperazine rings is 1. The average Bonchev–Trinajstić information content (AvgIpc) is 2.89. The third-order valence-corrected chi connectivity index (χ3v) is 6.32. The van der Waals surface area contributed by atoms with Gasteiger partial charge < -0.3 is 29.5 Å². The van der Waals surface area contributed by atoms with Gasteiger partial charge in [-0.2, -0.15) is 0 Å². The third kappa shape index (κ3) is 8.66. The molecule has 2 aliphatic heterocycles. The fourth-order valence-electron chi connectivity index (χ4n) is 4.21. The van der Waals surface area contributed by atoms with Gasteiger partial charge in [-0.15, -0.1) is 0 Å². The third-order valence-electron chi connectivity index (χ3n) is 6.32. The number of rotatable bonds is 7. The van der Waals surface area contributed by atoms with Crippen molar-refractivity contribution in [3.05, 3.63) is 54.2 Å². The number of hydrogen-bond acceptors (Lipinski definition) is 7. The number of hydrogen-bond donors (Lipinski definition) is 2. The molecule has 0 radical (unpaired) electrons. The van der Waals surface area contributed by atoms with Crippen molar-refractivity contribution in [2.45, 2.75) is 19.3 Å². The molecular formula is C27H35N3O6. The van der Waals surface area contributed by atoms with E-state index in [9.17, 15) is 9.59 Å². The van der Waals surface area contributed by atoms with Crippen molar-refractivity contribution >= 4 is 17.8 Å². The van der Waals surface area contributed by atoms with Gasteiger partial charge in [-0.1, -0.05) is 12.1 Å². The van der Waals surface area contributed by atoms with Gasteiger partial charge >= 0.3 is 11.9 Å². The molecule has 0 spiro atoms. The second kappa shape index (κ2) is 13.6. The highest BCUT2D eigenvalue weighted by molar-refractivity contribution is 5.89. The minimum absolute atomic E-state index is 0.558. The van der Waals surface area contributed by atoms with Crippen LogP contribution in [0.3, 0.4) is 0 Å². The summed E-state index contributed by atoms with van der Waals surface area (Å²) in [5, 5.41) is 15.6. The second-order valence-corrected chi connectivity index (χ2v) is 8.99. The van der Waals surface area contributed by atoms with Crippen LogP contribution in [0.2, 0.25) is 0 Å². The number of pyridine rings is 1. The molecule has 0 unspecified atom stereocenters. The molecule has 1 aromatic heterocycles. The van der Waals surface area contributed by atoms with Crippen LogP contribution in [0.1, 0.15) is 18.5 Å². The number of benzene rings is 1. The maximum atomic E-state index is 9.55. The summed E-state index contributed by atoms with van der Waals surface area (Å²) >= 11 is 0. The Labute approximate surface area is 212 Å². The monoisotopic (exact) mass is 497 g/mol. The minimum atomic E-state index is -1.26. The second-order valence-electron chi connectivity index (χ2n) is 8.99. The standard InChI is InChI=1S/C23H31N3O2.C4H4O4/c1-25-9-11-26(12-10-25)23-17-20(19-3-5-22(27-2)6-4-19)16-21(24-23)15-18-7-13-28-14-8-18;5-3(6)1-2-4(7)8/h3-6,16-18H,7-15H2,1-2H3;1-2H,(H,5,6)(H,7,8)/b;2-1-. The zero-order valence-corrected chi connectivity index (χ0v) is 20.9. The van der Waals surface area contributed by atoms with Gasteiger partial charge in [-0.3, -0.25) is 0 Å². The lowest BCUT2D eigenvalue weighted by Gasteiger charge is -2.33. The Morgan fingerprint density at radius 1 is 1.00 bits per heavy atom. The summed E-state index contributed by atoms with van der Waals surface area (Å²) < 4.78 is 10.9. The molecule has 9 nitrogen and oxygen atoms in total. The molecule has 0 atom stereocenters. The van der Waals surface area contributed by atoms with E-state index in [0.717, 1.165) is 70.2 Å². The number of methoxy groups -OCH3 is 1. The lowest BCUT2D eigenvalue weighted by atomic mass is 9.93. The predicted octanol–water partition coefficient (Wildman–Crippen LogP) is 3.19. The van der Waals surface area contributed by atoms with Crippen LogP contribution in [0.5, 0.6) is 5.75 Å². The maximum Gasteiger partial charge on any atom is 0.328 e. The molecular weight excluding hydrogens is 462 g/mol. The highest BCUT2D eigenvalue weighted by Crippen LogP contribution is 2.29. The van der Waals surface area contributed by atoms with E-state index in [1.807, 2.05) is 12.1 Å². The molecule has 194 valence electrons. The van der Waals surface area contributed by atoms with Crippen molar-refractivity contribution in [1.29, 1.82) is 0 Å². The van der Waals surface area contributed by atoms with Gasteiger partial charge in [0.15, 0.2) is 0 Å². The van der Waals surface area contributed by atoms with Crippen molar-refractivity contribution in [3.63, 3.8) is 0 Å². The van der Waals surface area contributed by atoms with E-state index in [1.54, 1.807) is 7.11 Å². The molecule has 0 aliphatic carbocycles. The number of aromatic nitrogens is 1. The Morgan fingerprint density at radius 2 is 1.61 bits per heavy atom. The van der Waals surface area contributed by atoms with Crippen LogP contribution in [-0.4, -0.2) is 85.6 Å². The summed E-state index contributed by atoms with van der Waals surface area (Å²) in [5.41, 5.74) is 3.66. The molecule has 4 rings (SSSR count). The molecule has 2 fully saturated rings. The first-order valence-electron chi connectivity index (χ1n) is 12.1. The van der Waals surface area contributed by atoms with Crippen molar-refractivity contribution in [2.75, 3.05) is 58.5 Å². The first kappa shape index (κ1) is 27.2. The van der Waals surface area contributed by atoms with Gasteiger partial charge in [0.2, 0.25) is 0 Å². The van der Waals surface area contributed by atoms with E-state index in [-0.39, 0.29) is 0 Å². The summed E-state index contributed by atoms with van der Waals surface area (Å²) in [6, 6.07) is 12.9. The predicted molar refractivity (Wildman–Crippen MR) is 138 cm³/mol. The van der Waals surface area contributed by atoms with Gasteiger partial charge in [-0.05, 0) is 67.6 Å². The van der Waals surface area contributed by atoms with Crippen molar-refractivity contribution in [2.24, 2.45) is 5.92 Å². The summed E-state index contributed by atoms with van der Waals surface area (Å²) in [6.45, 7) is 6.01. The van der Waals surface area contributed by atoms with Crippen LogP contribution >= 0.6 is 0 Å². The first-order chi connectivity index (χ1) is 17.3. The fraction of sp³-hybridized carbons (Fsp3) is 0.444. The van der Waals surface area contributed by atoms with E-state index in [0.29, 0.717) is 18.1 Å². The number of anilines is 1. The molecule has 9 heteroatoms. The number of likely N-dealkylation sites (N-methyl/N-ethyl adjacent to an activating group) is 1.